The summed E-state index contributed by atoms with van der Waals surface area (Å²) >= 11 is 3.03. The highest BCUT2D eigenvalue weighted by Gasteiger charge is 2.27. The molecule has 13 heteroatoms. The van der Waals surface area contributed by atoms with Crippen molar-refractivity contribution in [3.05, 3.63) is 18.2 Å². The number of nitrogens with zero attached hydrogens (tertiary/aromatic N) is 1. The number of aromatic amines is 1. The molecule has 0 saturated heterocycles. The fraction of sp³-hybridized carbons (Fsp3) is 0.611. The molecule has 0 aromatic carbocycles. The molecular weight excluding hydrogens is 444 g/mol. The summed E-state index contributed by atoms with van der Waals surface area (Å²) in [4.78, 5) is 55.1. The summed E-state index contributed by atoms with van der Waals surface area (Å²) in [7, 11) is 0. The van der Waals surface area contributed by atoms with E-state index >= 15 is 0 Å². The van der Waals surface area contributed by atoms with Gasteiger partial charge in [-0.1, -0.05) is 0 Å². The van der Waals surface area contributed by atoms with Crippen molar-refractivity contribution in [2.24, 2.45) is 5.73 Å². The van der Waals surface area contributed by atoms with Crippen LogP contribution in [0, 0.1) is 0 Å². The first-order valence-electron chi connectivity index (χ1n) is 9.59. The highest BCUT2D eigenvalue weighted by Crippen LogP contribution is 2.04. The number of rotatable bonds is 15. The number of imidazole rings is 1. The van der Waals surface area contributed by atoms with Gasteiger partial charge in [0, 0.05) is 18.3 Å². The highest BCUT2D eigenvalue weighted by molar-refractivity contribution is 7.98. The van der Waals surface area contributed by atoms with Gasteiger partial charge in [-0.15, -0.1) is 0 Å². The first-order chi connectivity index (χ1) is 14.8. The van der Waals surface area contributed by atoms with Gasteiger partial charge in [0.25, 0.3) is 0 Å². The number of amides is 3. The molecule has 3 unspecified atom stereocenters. The predicted octanol–water partition coefficient (Wildman–Crippen LogP) is -1.04. The molecule has 0 spiro atoms. The zero-order chi connectivity index (χ0) is 23.2. The van der Waals surface area contributed by atoms with E-state index in [1.165, 1.54) is 24.3 Å². The molecule has 7 N–H and O–H groups in total. The lowest BCUT2D eigenvalue weighted by atomic mass is 10.1. The molecule has 0 aliphatic carbocycles. The van der Waals surface area contributed by atoms with Crippen molar-refractivity contribution in [3.8, 4) is 0 Å². The smallest absolute Gasteiger partial charge is 0.326 e. The summed E-state index contributed by atoms with van der Waals surface area (Å²) in [5.41, 5.74) is 6.35. The van der Waals surface area contributed by atoms with Crippen molar-refractivity contribution in [2.45, 2.75) is 37.4 Å². The number of H-pyrrole nitrogens is 1. The van der Waals surface area contributed by atoms with Gasteiger partial charge in [-0.25, -0.2) is 9.78 Å². The number of carbonyl (C=O) groups excluding carboxylic acids is 3. The zero-order valence-electron chi connectivity index (χ0n) is 17.6. The summed E-state index contributed by atoms with van der Waals surface area (Å²) in [6, 6.07) is -2.85. The molecule has 3 amide bonds. The van der Waals surface area contributed by atoms with E-state index in [4.69, 9.17) is 5.73 Å². The number of thioether (sulfide) groups is 2. The molecule has 0 aliphatic heterocycles. The van der Waals surface area contributed by atoms with Crippen LogP contribution in [0.15, 0.2) is 12.5 Å². The molecule has 11 nitrogen and oxygen atoms in total. The topological polar surface area (TPSA) is 179 Å². The van der Waals surface area contributed by atoms with E-state index in [0.29, 0.717) is 23.6 Å². The van der Waals surface area contributed by atoms with Crippen LogP contribution in [0.3, 0.4) is 0 Å². The third kappa shape index (κ3) is 10.6. The summed E-state index contributed by atoms with van der Waals surface area (Å²) in [5, 5.41) is 16.8. The largest absolute Gasteiger partial charge is 0.480 e. The Morgan fingerprint density at radius 3 is 2.35 bits per heavy atom. The van der Waals surface area contributed by atoms with Crippen molar-refractivity contribution in [1.29, 1.82) is 0 Å². The maximum Gasteiger partial charge on any atom is 0.326 e. The second kappa shape index (κ2) is 14.7. The highest BCUT2D eigenvalue weighted by atomic mass is 32.2. The summed E-state index contributed by atoms with van der Waals surface area (Å²) in [5.74, 6) is -1.57. The van der Waals surface area contributed by atoms with Gasteiger partial charge in [0.1, 0.15) is 12.1 Å². The Morgan fingerprint density at radius 1 is 1.10 bits per heavy atom. The number of hydrogen-bond acceptors (Lipinski definition) is 8. The van der Waals surface area contributed by atoms with Crippen LogP contribution >= 0.6 is 23.5 Å². The van der Waals surface area contributed by atoms with Crippen molar-refractivity contribution in [3.63, 3.8) is 0 Å². The van der Waals surface area contributed by atoms with Gasteiger partial charge < -0.3 is 31.8 Å². The number of hydrogen-bond donors (Lipinski definition) is 6. The fourth-order valence-corrected chi connectivity index (χ4v) is 3.47. The van der Waals surface area contributed by atoms with Crippen molar-refractivity contribution in [2.75, 3.05) is 30.6 Å². The van der Waals surface area contributed by atoms with E-state index in [1.54, 1.807) is 11.8 Å². The van der Waals surface area contributed by atoms with E-state index in [0.717, 1.165) is 0 Å². The van der Waals surface area contributed by atoms with Crippen LogP contribution in [-0.4, -0.2) is 87.5 Å². The average Bonchev–Trinajstić information content (AvgIpc) is 3.25. The third-order valence-electron chi connectivity index (χ3n) is 4.25. The van der Waals surface area contributed by atoms with Gasteiger partial charge in [-0.3, -0.25) is 14.4 Å². The molecule has 1 aromatic heterocycles. The molecule has 0 radical (unpaired) electrons. The minimum absolute atomic E-state index is 0.0770. The second-order valence-corrected chi connectivity index (χ2v) is 8.66. The molecule has 1 rings (SSSR count). The lowest BCUT2D eigenvalue weighted by molar-refractivity contribution is -0.142. The molecule has 1 heterocycles. The number of carboxylic acids is 1. The molecule has 0 aliphatic rings. The zero-order valence-corrected chi connectivity index (χ0v) is 19.2. The number of aromatic nitrogens is 2. The number of nitrogens with two attached hydrogens (primary N) is 1. The van der Waals surface area contributed by atoms with E-state index in [2.05, 4.69) is 25.9 Å². The van der Waals surface area contributed by atoms with Gasteiger partial charge in [-0.05, 0) is 36.9 Å². The average molecular weight is 475 g/mol. The van der Waals surface area contributed by atoms with Crippen LogP contribution in [0.5, 0.6) is 0 Å². The molecule has 0 saturated carbocycles. The Hall–Kier alpha value is -2.25. The van der Waals surface area contributed by atoms with Crippen molar-refractivity contribution >= 4 is 47.2 Å². The minimum Gasteiger partial charge on any atom is -0.480 e. The molecule has 0 fully saturated rings. The van der Waals surface area contributed by atoms with Crippen LogP contribution in [0.25, 0.3) is 0 Å². The molecule has 3 atom stereocenters. The Morgan fingerprint density at radius 2 is 1.77 bits per heavy atom. The summed E-state index contributed by atoms with van der Waals surface area (Å²) in [6.45, 7) is -0.354. The van der Waals surface area contributed by atoms with Gasteiger partial charge in [0.2, 0.25) is 17.7 Å². The van der Waals surface area contributed by atoms with Gasteiger partial charge in [-0.2, -0.15) is 23.5 Å². The number of carbonyl (C=O) groups is 4. The summed E-state index contributed by atoms with van der Waals surface area (Å²) in [6.07, 6.45) is 7.47. The minimum atomic E-state index is -1.15. The molecular formula is C18H30N6O5S2. The van der Waals surface area contributed by atoms with E-state index < -0.39 is 41.8 Å². The number of carboxylic acid groups (broad SMARTS) is 1. The number of nitrogens with one attached hydrogen (secondary N) is 4. The Kier molecular flexibility index (Phi) is 12.7. The Labute approximate surface area is 189 Å². The first-order valence-corrected chi connectivity index (χ1v) is 12.4. The molecule has 1 aromatic rings. The van der Waals surface area contributed by atoms with Gasteiger partial charge >= 0.3 is 5.97 Å². The number of aliphatic carboxylic acids is 1. The second-order valence-electron chi connectivity index (χ2n) is 6.69. The maximum atomic E-state index is 12.7. The summed E-state index contributed by atoms with van der Waals surface area (Å²) < 4.78 is 0. The standard InChI is InChI=1S/C18H30N6O5S2/c1-30-5-3-12(19)16(26)21-9-15(25)23-14(7-11-8-20-10-22-11)17(27)24-13(18(28)29)4-6-31-2/h8,10,12-14H,3-7,9,19H2,1-2H3,(H,20,22)(H,21,26)(H,23,25)(H,24,27)(H,28,29). The van der Waals surface area contributed by atoms with Crippen molar-refractivity contribution in [1.82, 2.24) is 25.9 Å². The van der Waals surface area contributed by atoms with Crippen LogP contribution < -0.4 is 21.7 Å². The molecule has 174 valence electrons. The molecule has 0 bridgehead atoms. The van der Waals surface area contributed by atoms with Crippen LogP contribution in [0.4, 0.5) is 0 Å². The predicted molar refractivity (Wildman–Crippen MR) is 121 cm³/mol. The maximum absolute atomic E-state index is 12.7. The lowest BCUT2D eigenvalue weighted by Gasteiger charge is -2.21. The Bertz CT molecular complexity index is 718. The fourth-order valence-electron chi connectivity index (χ4n) is 2.51. The van der Waals surface area contributed by atoms with Crippen LogP contribution in [0.2, 0.25) is 0 Å². The van der Waals surface area contributed by atoms with Gasteiger partial charge in [0.15, 0.2) is 0 Å². The van der Waals surface area contributed by atoms with E-state index in [1.807, 2.05) is 12.5 Å². The monoisotopic (exact) mass is 474 g/mol. The SMILES string of the molecule is CSCCC(N)C(=O)NCC(=O)NC(Cc1cnc[nH]1)C(=O)NC(CCSC)C(=O)O. The quantitative estimate of drug-likeness (QED) is 0.185. The van der Waals surface area contributed by atoms with Crippen LogP contribution in [0.1, 0.15) is 18.5 Å². The lowest BCUT2D eigenvalue weighted by Crippen LogP contribution is -2.54. The van der Waals surface area contributed by atoms with Crippen LogP contribution in [-0.2, 0) is 25.6 Å². The first kappa shape index (κ1) is 26.8. The normalized spacial score (nSPS) is 13.6. The van der Waals surface area contributed by atoms with E-state index in [-0.39, 0.29) is 19.4 Å². The Balaban J connectivity index is 2.72. The third-order valence-corrected chi connectivity index (χ3v) is 5.54. The van der Waals surface area contributed by atoms with E-state index in [9.17, 15) is 24.3 Å². The molecule has 31 heavy (non-hydrogen) atoms. The van der Waals surface area contributed by atoms with Gasteiger partial charge in [0.05, 0.1) is 18.9 Å². The van der Waals surface area contributed by atoms with Crippen molar-refractivity contribution < 1.29 is 24.3 Å².